The van der Waals surface area contributed by atoms with Gasteiger partial charge in [-0.2, -0.15) is 0 Å². The van der Waals surface area contributed by atoms with Crippen molar-refractivity contribution in [3.05, 3.63) is 17.3 Å². The lowest BCUT2D eigenvalue weighted by atomic mass is 9.96. The van der Waals surface area contributed by atoms with Gasteiger partial charge in [-0.3, -0.25) is 4.79 Å². The van der Waals surface area contributed by atoms with E-state index in [0.717, 1.165) is 21.6 Å². The number of hydrogen-bond donors (Lipinski definition) is 1. The predicted molar refractivity (Wildman–Crippen MR) is 86.7 cm³/mol. The van der Waals surface area contributed by atoms with Crippen molar-refractivity contribution in [2.75, 3.05) is 44.8 Å². The summed E-state index contributed by atoms with van der Waals surface area (Å²) in [7, 11) is 0. The first-order valence-electron chi connectivity index (χ1n) is 7.58. The molecule has 1 atom stereocenters. The predicted octanol–water partition coefficient (Wildman–Crippen LogP) is 1.04. The highest BCUT2D eigenvalue weighted by molar-refractivity contribution is 7.17. The second kappa shape index (κ2) is 5.70. The Labute approximate surface area is 137 Å². The van der Waals surface area contributed by atoms with Crippen molar-refractivity contribution < 1.29 is 14.3 Å². The van der Waals surface area contributed by atoms with Crippen molar-refractivity contribution in [1.29, 1.82) is 0 Å². The molecule has 4 rings (SSSR count). The monoisotopic (exact) mass is 334 g/mol. The first-order chi connectivity index (χ1) is 11.2. The van der Waals surface area contributed by atoms with E-state index in [4.69, 9.17) is 9.47 Å². The Hall–Kier alpha value is -1.77. The molecule has 0 bridgehead atoms. The van der Waals surface area contributed by atoms with Gasteiger partial charge in [-0.1, -0.05) is 0 Å². The molecule has 2 saturated heterocycles. The number of aromatic nitrogens is 2. The van der Waals surface area contributed by atoms with Gasteiger partial charge in [-0.25, -0.2) is 9.97 Å². The smallest absolute Gasteiger partial charge is 0.249 e. The van der Waals surface area contributed by atoms with E-state index in [0.29, 0.717) is 32.9 Å². The van der Waals surface area contributed by atoms with Crippen LogP contribution in [0.5, 0.6) is 0 Å². The zero-order chi connectivity index (χ0) is 15.9. The molecule has 2 aliphatic rings. The highest BCUT2D eigenvalue weighted by Crippen LogP contribution is 2.30. The fraction of sp³-hybridized carbons (Fsp3) is 0.533. The van der Waals surface area contributed by atoms with Crippen molar-refractivity contribution >= 4 is 33.3 Å². The van der Waals surface area contributed by atoms with Crippen molar-refractivity contribution in [2.24, 2.45) is 0 Å². The maximum Gasteiger partial charge on any atom is 0.249 e. The molecule has 1 N–H and O–H groups in total. The average molecular weight is 334 g/mol. The number of carbonyl (C=O) groups excluding carboxylic acids is 1. The Kier molecular flexibility index (Phi) is 3.67. The molecule has 0 aliphatic carbocycles. The van der Waals surface area contributed by atoms with Gasteiger partial charge in [0.25, 0.3) is 0 Å². The molecule has 1 unspecified atom stereocenters. The summed E-state index contributed by atoms with van der Waals surface area (Å²) in [6.07, 6.45) is 1.57. The van der Waals surface area contributed by atoms with E-state index >= 15 is 0 Å². The van der Waals surface area contributed by atoms with E-state index in [1.807, 2.05) is 4.90 Å². The molecule has 7 nitrogen and oxygen atoms in total. The molecular formula is C15H18N4O3S. The number of fused-ring (bicyclic) bond motifs is 2. The van der Waals surface area contributed by atoms with Gasteiger partial charge in [0.1, 0.15) is 29.1 Å². The first kappa shape index (κ1) is 14.8. The second-order valence-corrected chi connectivity index (χ2v) is 6.85. The highest BCUT2D eigenvalue weighted by Gasteiger charge is 2.45. The van der Waals surface area contributed by atoms with E-state index in [2.05, 4.69) is 27.6 Å². The summed E-state index contributed by atoms with van der Waals surface area (Å²) in [6, 6.07) is 0. The number of amides is 1. The Balaban J connectivity index is 1.61. The van der Waals surface area contributed by atoms with Gasteiger partial charge in [0, 0.05) is 13.1 Å². The first-order valence-corrected chi connectivity index (χ1v) is 8.46. The van der Waals surface area contributed by atoms with E-state index in [-0.39, 0.29) is 12.5 Å². The second-order valence-electron chi connectivity index (χ2n) is 5.99. The summed E-state index contributed by atoms with van der Waals surface area (Å²) in [4.78, 5) is 23.7. The molecular weight excluding hydrogens is 316 g/mol. The minimum Gasteiger partial charge on any atom is -0.377 e. The van der Waals surface area contributed by atoms with Crippen LogP contribution in [0.4, 0.5) is 5.82 Å². The van der Waals surface area contributed by atoms with Crippen LogP contribution in [0.25, 0.3) is 10.2 Å². The van der Waals surface area contributed by atoms with Gasteiger partial charge in [0.2, 0.25) is 5.91 Å². The van der Waals surface area contributed by atoms with Crippen LogP contribution in [0, 0.1) is 6.92 Å². The number of nitrogens with zero attached hydrogens (tertiary/aromatic N) is 3. The molecule has 2 fully saturated rings. The van der Waals surface area contributed by atoms with E-state index in [1.54, 1.807) is 17.7 Å². The molecule has 4 heterocycles. The van der Waals surface area contributed by atoms with Gasteiger partial charge in [0.15, 0.2) is 0 Å². The standard InChI is InChI=1S/C15H18N4O3S/c1-10-5-23-14-12(10)13(17-9-18-14)16-6-15-7-21-3-2-19(15)11(20)4-22-8-15/h5,9H,2-4,6-8H2,1H3,(H,16,17,18). The quantitative estimate of drug-likeness (QED) is 0.904. The van der Waals surface area contributed by atoms with Gasteiger partial charge >= 0.3 is 0 Å². The fourth-order valence-corrected chi connectivity index (χ4v) is 4.14. The van der Waals surface area contributed by atoms with Crippen LogP contribution in [0.1, 0.15) is 5.56 Å². The van der Waals surface area contributed by atoms with Crippen molar-refractivity contribution in [3.63, 3.8) is 0 Å². The van der Waals surface area contributed by atoms with Gasteiger partial charge in [-0.05, 0) is 17.9 Å². The Morgan fingerprint density at radius 3 is 3.17 bits per heavy atom. The number of morpholine rings is 2. The van der Waals surface area contributed by atoms with Gasteiger partial charge in [0.05, 0.1) is 25.2 Å². The molecule has 2 aliphatic heterocycles. The number of ether oxygens (including phenoxy) is 2. The van der Waals surface area contributed by atoms with Crippen LogP contribution in [-0.2, 0) is 14.3 Å². The lowest BCUT2D eigenvalue weighted by Gasteiger charge is -2.49. The molecule has 2 aromatic rings. The number of carbonyl (C=O) groups is 1. The molecule has 8 heteroatoms. The summed E-state index contributed by atoms with van der Waals surface area (Å²) in [5.41, 5.74) is 0.688. The van der Waals surface area contributed by atoms with Crippen LogP contribution in [0.3, 0.4) is 0 Å². The maximum atomic E-state index is 12.2. The van der Waals surface area contributed by atoms with Crippen LogP contribution < -0.4 is 5.32 Å². The highest BCUT2D eigenvalue weighted by atomic mass is 32.1. The number of hydrogen-bond acceptors (Lipinski definition) is 7. The summed E-state index contributed by atoms with van der Waals surface area (Å²) in [5.74, 6) is 0.826. The SMILES string of the molecule is Cc1csc2ncnc(NCC34COCCN3C(=O)COC4)c12. The largest absolute Gasteiger partial charge is 0.377 e. The molecule has 0 aromatic carbocycles. The molecule has 0 spiro atoms. The lowest BCUT2D eigenvalue weighted by Crippen LogP contribution is -2.68. The van der Waals surface area contributed by atoms with Crippen LogP contribution in [-0.4, -0.2) is 65.8 Å². The number of anilines is 1. The average Bonchev–Trinajstić information content (AvgIpc) is 2.95. The Bertz CT molecular complexity index is 745. The Morgan fingerprint density at radius 2 is 2.26 bits per heavy atom. The number of nitrogens with one attached hydrogen (secondary N) is 1. The van der Waals surface area contributed by atoms with E-state index in [9.17, 15) is 4.79 Å². The number of rotatable bonds is 3. The number of aryl methyl sites for hydroxylation is 1. The fourth-order valence-electron chi connectivity index (χ4n) is 3.25. The zero-order valence-electron chi connectivity index (χ0n) is 12.9. The summed E-state index contributed by atoms with van der Waals surface area (Å²) in [6.45, 7) is 4.89. The molecule has 2 aromatic heterocycles. The number of thiophene rings is 1. The summed E-state index contributed by atoms with van der Waals surface area (Å²) < 4.78 is 11.1. The summed E-state index contributed by atoms with van der Waals surface area (Å²) >= 11 is 1.61. The molecule has 23 heavy (non-hydrogen) atoms. The third-order valence-electron chi connectivity index (χ3n) is 4.44. The third kappa shape index (κ3) is 2.46. The van der Waals surface area contributed by atoms with Crippen molar-refractivity contribution in [3.8, 4) is 0 Å². The molecule has 1 amide bonds. The van der Waals surface area contributed by atoms with Crippen LogP contribution >= 0.6 is 11.3 Å². The minimum absolute atomic E-state index is 0.0286. The van der Waals surface area contributed by atoms with Crippen LogP contribution in [0.15, 0.2) is 11.7 Å². The van der Waals surface area contributed by atoms with Gasteiger partial charge < -0.3 is 19.7 Å². The van der Waals surface area contributed by atoms with Crippen LogP contribution in [0.2, 0.25) is 0 Å². The lowest BCUT2D eigenvalue weighted by molar-refractivity contribution is -0.174. The van der Waals surface area contributed by atoms with Crippen molar-refractivity contribution in [1.82, 2.24) is 14.9 Å². The van der Waals surface area contributed by atoms with Gasteiger partial charge in [-0.15, -0.1) is 11.3 Å². The topological polar surface area (TPSA) is 76.6 Å². The third-order valence-corrected chi connectivity index (χ3v) is 5.44. The zero-order valence-corrected chi connectivity index (χ0v) is 13.7. The Morgan fingerprint density at radius 1 is 1.39 bits per heavy atom. The van der Waals surface area contributed by atoms with E-state index in [1.165, 1.54) is 0 Å². The van der Waals surface area contributed by atoms with Crippen molar-refractivity contribution in [2.45, 2.75) is 12.5 Å². The van der Waals surface area contributed by atoms with E-state index < -0.39 is 5.54 Å². The molecule has 122 valence electrons. The minimum atomic E-state index is -0.464. The normalized spacial score (nSPS) is 24.7. The maximum absolute atomic E-state index is 12.2. The molecule has 0 saturated carbocycles. The molecule has 0 radical (unpaired) electrons. The summed E-state index contributed by atoms with van der Waals surface area (Å²) in [5, 5.41) is 6.51.